The molecule has 0 bridgehead atoms. The Morgan fingerprint density at radius 3 is 2.41 bits per heavy atom. The number of pyridine rings is 1. The summed E-state index contributed by atoms with van der Waals surface area (Å²) in [4.78, 5) is 51.6. The van der Waals surface area contributed by atoms with Crippen molar-refractivity contribution in [2.24, 2.45) is 4.99 Å². The molecule has 0 aromatic carbocycles. The molecular formula is C7H11N2O6P2+. The molecule has 0 atom stereocenters. The Balaban J connectivity index is 3.36. The highest BCUT2D eigenvalue weighted by Gasteiger charge is 2.52. The molecular weight excluding hydrogens is 270 g/mol. The van der Waals surface area contributed by atoms with Crippen LogP contribution in [0.4, 0.5) is 5.82 Å². The molecule has 10 heteroatoms. The number of rotatable bonds is 3. The van der Waals surface area contributed by atoms with Crippen LogP contribution in [0.25, 0.3) is 0 Å². The van der Waals surface area contributed by atoms with Crippen molar-refractivity contribution in [3.05, 3.63) is 23.9 Å². The lowest BCUT2D eigenvalue weighted by Crippen LogP contribution is -2.06. The zero-order chi connectivity index (χ0) is 13.3. The molecule has 1 heterocycles. The van der Waals surface area contributed by atoms with Gasteiger partial charge in [-0.3, -0.25) is 0 Å². The second-order valence-electron chi connectivity index (χ2n) is 3.17. The summed E-state index contributed by atoms with van der Waals surface area (Å²) in [6, 6.07) is 3.14. The lowest BCUT2D eigenvalue weighted by molar-refractivity contribution is 0.349. The highest BCUT2D eigenvalue weighted by Crippen LogP contribution is 2.60. The number of aliphatic imine (C=N–C) groups is 1. The Kier molecular flexibility index (Phi) is 4.11. The van der Waals surface area contributed by atoms with Crippen LogP contribution >= 0.6 is 15.5 Å². The molecule has 0 aliphatic rings. The van der Waals surface area contributed by atoms with E-state index in [1.165, 1.54) is 6.20 Å². The monoisotopic (exact) mass is 281 g/mol. The van der Waals surface area contributed by atoms with Crippen molar-refractivity contribution in [2.75, 3.05) is 0 Å². The molecule has 0 unspecified atom stereocenters. The Bertz CT molecular complexity index is 491. The van der Waals surface area contributed by atoms with Crippen molar-refractivity contribution < 1.29 is 29.0 Å². The molecule has 17 heavy (non-hydrogen) atoms. The largest absolute Gasteiger partial charge is 0.469 e. The van der Waals surface area contributed by atoms with Gasteiger partial charge in [0.05, 0.1) is 0 Å². The van der Waals surface area contributed by atoms with Crippen LogP contribution in [0.5, 0.6) is 0 Å². The second kappa shape index (κ2) is 4.88. The molecule has 0 saturated carbocycles. The zero-order valence-electron chi connectivity index (χ0n) is 8.67. The van der Waals surface area contributed by atoms with E-state index in [1.54, 1.807) is 19.1 Å². The van der Waals surface area contributed by atoms with E-state index in [2.05, 4.69) is 9.98 Å². The first-order valence-electron chi connectivity index (χ1n) is 4.26. The first-order valence-corrected chi connectivity index (χ1v) is 7.52. The first kappa shape index (κ1) is 14.3. The smallest absolute Gasteiger partial charge is 0.317 e. The zero-order valence-corrected chi connectivity index (χ0v) is 10.5. The van der Waals surface area contributed by atoms with Gasteiger partial charge in [-0.1, -0.05) is 6.07 Å². The number of hydrogen-bond donors (Lipinski definition) is 5. The SMILES string of the molecule is Cc1cccnc1N=C(P(=O)(O)O)[P+](O)(O)O. The predicted octanol–water partition coefficient (Wildman–Crippen LogP) is 0.295. The quantitative estimate of drug-likeness (QED) is 0.395. The van der Waals surface area contributed by atoms with E-state index in [9.17, 15) is 4.57 Å². The fraction of sp³-hybridized carbons (Fsp3) is 0.143. The summed E-state index contributed by atoms with van der Waals surface area (Å²) in [6.07, 6.45) is 1.31. The highest BCUT2D eigenvalue weighted by atomic mass is 31.3. The molecule has 1 aromatic rings. The van der Waals surface area contributed by atoms with Gasteiger partial charge in [0, 0.05) is 6.20 Å². The van der Waals surface area contributed by atoms with E-state index >= 15 is 0 Å². The van der Waals surface area contributed by atoms with Crippen molar-refractivity contribution in [1.82, 2.24) is 4.98 Å². The molecule has 94 valence electrons. The maximum absolute atomic E-state index is 11.0. The van der Waals surface area contributed by atoms with E-state index in [1.807, 2.05) is 0 Å². The van der Waals surface area contributed by atoms with Gasteiger partial charge in [0.2, 0.25) is 0 Å². The molecule has 0 amide bonds. The predicted molar refractivity (Wildman–Crippen MR) is 61.7 cm³/mol. The molecule has 0 saturated heterocycles. The van der Waals surface area contributed by atoms with E-state index in [0.717, 1.165) is 0 Å². The number of aryl methyl sites for hydroxylation is 1. The van der Waals surface area contributed by atoms with Gasteiger partial charge in [0.1, 0.15) is 0 Å². The summed E-state index contributed by atoms with van der Waals surface area (Å²) < 4.78 is 11.0. The van der Waals surface area contributed by atoms with Gasteiger partial charge < -0.3 is 9.79 Å². The topological polar surface area (TPSA) is 143 Å². The molecule has 0 aliphatic heterocycles. The molecule has 0 fully saturated rings. The third-order valence-corrected chi connectivity index (χ3v) is 4.56. The normalized spacial score (nSPS) is 13.9. The van der Waals surface area contributed by atoms with Gasteiger partial charge in [-0.2, -0.15) is 19.7 Å². The van der Waals surface area contributed by atoms with Crippen molar-refractivity contribution >= 4 is 26.6 Å². The molecule has 5 N–H and O–H groups in total. The van der Waals surface area contributed by atoms with Crippen LogP contribution in [0.15, 0.2) is 23.3 Å². The standard InChI is InChI=1S/C7H10N2O6P2/c1-5-3-2-4-8-6(5)9-7(16(10,11)12)17(13,14)15/h2-4,10-12H,1H3,(H-,13,14,15)/p+1. The first-order chi connectivity index (χ1) is 7.62. The van der Waals surface area contributed by atoms with Crippen LogP contribution in [0, 0.1) is 6.92 Å². The van der Waals surface area contributed by atoms with E-state index in [4.69, 9.17) is 24.5 Å². The lowest BCUT2D eigenvalue weighted by Gasteiger charge is -2.08. The van der Waals surface area contributed by atoms with Crippen LogP contribution in [0.3, 0.4) is 0 Å². The van der Waals surface area contributed by atoms with E-state index < -0.39 is 20.7 Å². The minimum atomic E-state index is -5.07. The molecule has 0 spiro atoms. The van der Waals surface area contributed by atoms with Gasteiger partial charge in [0.15, 0.2) is 5.82 Å². The minimum Gasteiger partial charge on any atom is -0.317 e. The Hall–Kier alpha value is -0.720. The maximum Gasteiger partial charge on any atom is 0.469 e. The molecule has 8 nitrogen and oxygen atoms in total. The molecule has 0 aliphatic carbocycles. The summed E-state index contributed by atoms with van der Waals surface area (Å²) in [7, 11) is -9.96. The summed E-state index contributed by atoms with van der Waals surface area (Å²) in [5.74, 6) is -0.104. The third-order valence-electron chi connectivity index (χ3n) is 1.72. The molecule has 1 aromatic heterocycles. The number of hydrogen-bond acceptors (Lipinski definition) is 6. The number of aromatic nitrogens is 1. The summed E-state index contributed by atoms with van der Waals surface area (Å²) in [6.45, 7) is 1.56. The van der Waals surface area contributed by atoms with Crippen molar-refractivity contribution in [3.63, 3.8) is 0 Å². The van der Waals surface area contributed by atoms with Crippen LogP contribution in [0.1, 0.15) is 5.56 Å². The van der Waals surface area contributed by atoms with E-state index in [0.29, 0.717) is 5.56 Å². The van der Waals surface area contributed by atoms with Crippen molar-refractivity contribution in [2.45, 2.75) is 6.92 Å². The summed E-state index contributed by atoms with van der Waals surface area (Å²) in [5.41, 5.74) is 0.465. The highest BCUT2D eigenvalue weighted by molar-refractivity contribution is 8.00. The average Bonchev–Trinajstić information content (AvgIpc) is 2.12. The summed E-state index contributed by atoms with van der Waals surface area (Å²) >= 11 is 0. The Morgan fingerprint density at radius 2 is 2.00 bits per heavy atom. The van der Waals surface area contributed by atoms with Crippen LogP contribution in [-0.2, 0) is 4.57 Å². The van der Waals surface area contributed by atoms with Crippen LogP contribution in [0.2, 0.25) is 0 Å². The molecule has 1 rings (SSSR count). The van der Waals surface area contributed by atoms with Gasteiger partial charge in [-0.05, 0) is 18.6 Å². The maximum atomic E-state index is 11.0. The third kappa shape index (κ3) is 3.90. The second-order valence-corrected chi connectivity index (χ2v) is 6.59. The van der Waals surface area contributed by atoms with Crippen molar-refractivity contribution in [1.29, 1.82) is 0 Å². The van der Waals surface area contributed by atoms with Crippen LogP contribution in [-0.4, -0.2) is 34.6 Å². The van der Waals surface area contributed by atoms with Gasteiger partial charge >= 0.3 is 20.7 Å². The van der Waals surface area contributed by atoms with Gasteiger partial charge in [-0.25, -0.2) is 9.55 Å². The van der Waals surface area contributed by atoms with Gasteiger partial charge in [-0.15, -0.1) is 0 Å². The fourth-order valence-corrected chi connectivity index (χ4v) is 2.85. The van der Waals surface area contributed by atoms with Gasteiger partial charge in [0.25, 0.3) is 0 Å². The minimum absolute atomic E-state index is 0.104. The fourth-order valence-electron chi connectivity index (χ4n) is 0.996. The number of nitrogens with zero attached hydrogens (tertiary/aromatic N) is 2. The van der Waals surface area contributed by atoms with Crippen LogP contribution < -0.4 is 0 Å². The van der Waals surface area contributed by atoms with Crippen molar-refractivity contribution in [3.8, 4) is 0 Å². The average molecular weight is 281 g/mol. The Morgan fingerprint density at radius 1 is 1.41 bits per heavy atom. The van der Waals surface area contributed by atoms with E-state index in [-0.39, 0.29) is 5.82 Å². The summed E-state index contributed by atoms with van der Waals surface area (Å²) in [5, 5.41) is -1.37. The molecule has 0 radical (unpaired) electrons. The Labute approximate surface area is 97.1 Å². The lowest BCUT2D eigenvalue weighted by atomic mass is 10.3.